The van der Waals surface area contributed by atoms with E-state index in [9.17, 15) is 14.0 Å². The van der Waals surface area contributed by atoms with E-state index in [0.717, 1.165) is 22.4 Å². The normalized spacial score (nSPS) is 19.7. The van der Waals surface area contributed by atoms with Crippen molar-refractivity contribution in [2.24, 2.45) is 0 Å². The minimum atomic E-state index is -0.544. The zero-order chi connectivity index (χ0) is 19.8. The third-order valence-corrected chi connectivity index (χ3v) is 5.38. The van der Waals surface area contributed by atoms with Gasteiger partial charge in [-0.1, -0.05) is 6.07 Å². The average molecular weight is 384 g/mol. The maximum atomic E-state index is 13.5. The van der Waals surface area contributed by atoms with Crippen molar-refractivity contribution >= 4 is 17.5 Å². The van der Waals surface area contributed by atoms with Crippen molar-refractivity contribution in [2.45, 2.75) is 25.4 Å². The Morgan fingerprint density at radius 1 is 1.04 bits per heavy atom. The van der Waals surface area contributed by atoms with E-state index in [4.69, 9.17) is 9.47 Å². The number of carbonyl (C=O) groups excluding carboxylic acids is 2. The number of amides is 2. The summed E-state index contributed by atoms with van der Waals surface area (Å²) in [5.74, 6) is 0.227. The summed E-state index contributed by atoms with van der Waals surface area (Å²) in [6.45, 7) is 1.19. The van der Waals surface area contributed by atoms with Crippen LogP contribution in [0.1, 0.15) is 17.5 Å². The number of nitrogens with zero attached hydrogens (tertiary/aromatic N) is 2. The Bertz CT molecular complexity index is 946. The lowest BCUT2D eigenvalue weighted by Gasteiger charge is -2.32. The molecular weight excluding hydrogens is 363 g/mol. The van der Waals surface area contributed by atoms with Crippen LogP contribution in [0.5, 0.6) is 11.5 Å². The van der Waals surface area contributed by atoms with Gasteiger partial charge in [0.05, 0.1) is 32.4 Å². The number of fused-ring (bicyclic) bond motifs is 1. The molecule has 1 saturated heterocycles. The molecule has 0 unspecified atom stereocenters. The summed E-state index contributed by atoms with van der Waals surface area (Å²) in [6, 6.07) is 8.91. The molecule has 0 radical (unpaired) electrons. The zero-order valence-electron chi connectivity index (χ0n) is 15.8. The van der Waals surface area contributed by atoms with E-state index in [2.05, 4.69) is 0 Å². The Morgan fingerprint density at radius 3 is 2.43 bits per heavy atom. The molecular formula is C21H21FN2O4. The minimum absolute atomic E-state index is 0.0952. The predicted octanol–water partition coefficient (Wildman–Crippen LogP) is 2.53. The van der Waals surface area contributed by atoms with Crippen molar-refractivity contribution in [3.8, 4) is 11.5 Å². The van der Waals surface area contributed by atoms with Gasteiger partial charge in [-0.05, 0) is 47.9 Å². The van der Waals surface area contributed by atoms with Crippen LogP contribution in [0.2, 0.25) is 0 Å². The van der Waals surface area contributed by atoms with Crippen LogP contribution in [0, 0.1) is 5.82 Å². The zero-order valence-corrected chi connectivity index (χ0v) is 15.8. The Kier molecular flexibility index (Phi) is 4.77. The van der Waals surface area contributed by atoms with Crippen LogP contribution in [0.3, 0.4) is 0 Å². The van der Waals surface area contributed by atoms with Crippen LogP contribution in [0.15, 0.2) is 36.4 Å². The molecule has 2 aromatic rings. The number of imide groups is 1. The van der Waals surface area contributed by atoms with Crippen LogP contribution in [0.25, 0.3) is 0 Å². The molecule has 2 amide bonds. The smallest absolute Gasteiger partial charge is 0.251 e. The Hall–Kier alpha value is -2.93. The van der Waals surface area contributed by atoms with Gasteiger partial charge in [0.1, 0.15) is 5.82 Å². The van der Waals surface area contributed by atoms with Crippen molar-refractivity contribution in [1.29, 1.82) is 0 Å². The second kappa shape index (κ2) is 7.24. The number of hydrogen-bond acceptors (Lipinski definition) is 5. The summed E-state index contributed by atoms with van der Waals surface area (Å²) in [4.78, 5) is 28.6. The second-order valence-corrected chi connectivity index (χ2v) is 6.96. The minimum Gasteiger partial charge on any atom is -0.493 e. The number of methoxy groups -OCH3 is 2. The van der Waals surface area contributed by atoms with Crippen LogP contribution >= 0.6 is 0 Å². The predicted molar refractivity (Wildman–Crippen MR) is 101 cm³/mol. The molecule has 146 valence electrons. The van der Waals surface area contributed by atoms with E-state index in [0.29, 0.717) is 24.6 Å². The van der Waals surface area contributed by atoms with Gasteiger partial charge in [-0.2, -0.15) is 0 Å². The molecule has 0 N–H and O–H groups in total. The number of benzene rings is 2. The Morgan fingerprint density at radius 2 is 1.75 bits per heavy atom. The lowest BCUT2D eigenvalue weighted by molar-refractivity contribution is -0.123. The highest BCUT2D eigenvalue weighted by molar-refractivity contribution is 6.22. The Labute approximate surface area is 162 Å². The van der Waals surface area contributed by atoms with Gasteiger partial charge in [0.15, 0.2) is 11.5 Å². The summed E-state index contributed by atoms with van der Waals surface area (Å²) in [5, 5.41) is 0. The molecule has 0 aromatic heterocycles. The number of rotatable bonds is 4. The van der Waals surface area contributed by atoms with E-state index in [1.165, 1.54) is 18.2 Å². The number of ether oxygens (including phenoxy) is 2. The van der Waals surface area contributed by atoms with Gasteiger partial charge in [-0.15, -0.1) is 0 Å². The standard InChI is InChI=1S/C21H21FN2O4/c1-27-18-8-13-6-7-23(12-14(13)9-19(18)28-2)17-11-20(25)24(21(17)26)16-5-3-4-15(22)10-16/h3-5,8-10,17H,6-7,11-12H2,1-2H3/t17-/m0/s1. The van der Waals surface area contributed by atoms with Gasteiger partial charge in [0, 0.05) is 13.1 Å². The topological polar surface area (TPSA) is 59.1 Å². The number of hydrogen-bond donors (Lipinski definition) is 0. The van der Waals surface area contributed by atoms with E-state index >= 15 is 0 Å². The van der Waals surface area contributed by atoms with E-state index in [-0.39, 0.29) is 23.9 Å². The van der Waals surface area contributed by atoms with Crippen molar-refractivity contribution < 1.29 is 23.5 Å². The van der Waals surface area contributed by atoms with Gasteiger partial charge in [0.2, 0.25) is 5.91 Å². The fourth-order valence-electron chi connectivity index (χ4n) is 3.96. The second-order valence-electron chi connectivity index (χ2n) is 6.96. The first kappa shape index (κ1) is 18.4. The quantitative estimate of drug-likeness (QED) is 0.759. The van der Waals surface area contributed by atoms with Gasteiger partial charge in [-0.25, -0.2) is 9.29 Å². The molecule has 1 fully saturated rings. The van der Waals surface area contributed by atoms with Crippen LogP contribution < -0.4 is 14.4 Å². The molecule has 7 heteroatoms. The lowest BCUT2D eigenvalue weighted by Crippen LogP contribution is -2.44. The first-order chi connectivity index (χ1) is 13.5. The molecule has 2 aliphatic heterocycles. The number of carbonyl (C=O) groups is 2. The number of halogens is 1. The maximum Gasteiger partial charge on any atom is 0.251 e. The van der Waals surface area contributed by atoms with Crippen LogP contribution in [-0.2, 0) is 22.6 Å². The molecule has 0 spiro atoms. The molecule has 0 aliphatic carbocycles. The molecule has 28 heavy (non-hydrogen) atoms. The van der Waals surface area contributed by atoms with Gasteiger partial charge >= 0.3 is 0 Å². The highest BCUT2D eigenvalue weighted by atomic mass is 19.1. The van der Waals surface area contributed by atoms with Crippen molar-refractivity contribution in [3.05, 3.63) is 53.3 Å². The first-order valence-electron chi connectivity index (χ1n) is 9.12. The van der Waals surface area contributed by atoms with Crippen molar-refractivity contribution in [3.63, 3.8) is 0 Å². The Balaban J connectivity index is 1.58. The summed E-state index contributed by atoms with van der Waals surface area (Å²) >= 11 is 0. The molecule has 2 heterocycles. The highest BCUT2D eigenvalue weighted by Crippen LogP contribution is 2.35. The fraction of sp³-hybridized carbons (Fsp3) is 0.333. The average Bonchev–Trinajstić information content (AvgIpc) is 3.00. The van der Waals surface area contributed by atoms with Crippen molar-refractivity contribution in [2.75, 3.05) is 25.7 Å². The highest BCUT2D eigenvalue weighted by Gasteiger charge is 2.43. The maximum absolute atomic E-state index is 13.5. The summed E-state index contributed by atoms with van der Waals surface area (Å²) < 4.78 is 24.3. The van der Waals surface area contributed by atoms with Gasteiger partial charge in [0.25, 0.3) is 5.91 Å². The fourth-order valence-corrected chi connectivity index (χ4v) is 3.96. The largest absolute Gasteiger partial charge is 0.493 e. The SMILES string of the molecule is COc1cc2c(cc1OC)CN([C@H]1CC(=O)N(c3cccc(F)c3)C1=O)CC2. The molecule has 4 rings (SSSR count). The molecule has 2 aromatic carbocycles. The van der Waals surface area contributed by atoms with E-state index < -0.39 is 11.9 Å². The molecule has 0 bridgehead atoms. The molecule has 1 atom stereocenters. The van der Waals surface area contributed by atoms with Crippen LogP contribution in [-0.4, -0.2) is 43.5 Å². The molecule has 0 saturated carbocycles. The third-order valence-electron chi connectivity index (χ3n) is 5.38. The monoisotopic (exact) mass is 384 g/mol. The van der Waals surface area contributed by atoms with Gasteiger partial charge in [-0.3, -0.25) is 14.5 Å². The number of anilines is 1. The third kappa shape index (κ3) is 3.11. The lowest BCUT2D eigenvalue weighted by atomic mass is 9.97. The van der Waals surface area contributed by atoms with E-state index in [1.54, 1.807) is 20.3 Å². The van der Waals surface area contributed by atoms with Crippen LogP contribution in [0.4, 0.5) is 10.1 Å². The summed E-state index contributed by atoms with van der Waals surface area (Å²) in [6.07, 6.45) is 0.839. The van der Waals surface area contributed by atoms with E-state index in [1.807, 2.05) is 17.0 Å². The van der Waals surface area contributed by atoms with Crippen molar-refractivity contribution in [1.82, 2.24) is 4.90 Å². The first-order valence-corrected chi connectivity index (χ1v) is 9.12. The molecule has 2 aliphatic rings. The van der Waals surface area contributed by atoms with Gasteiger partial charge < -0.3 is 9.47 Å². The summed E-state index contributed by atoms with van der Waals surface area (Å²) in [7, 11) is 3.18. The summed E-state index contributed by atoms with van der Waals surface area (Å²) in [5.41, 5.74) is 2.47. The molecule has 6 nitrogen and oxygen atoms in total.